The Balaban J connectivity index is 1.26. The Kier molecular flexibility index (Phi) is 5.07. The topological polar surface area (TPSA) is 75.4 Å². The van der Waals surface area contributed by atoms with Crippen molar-refractivity contribution < 1.29 is 4.79 Å². The fourth-order valence-corrected chi connectivity index (χ4v) is 4.90. The van der Waals surface area contributed by atoms with Gasteiger partial charge in [-0.3, -0.25) is 4.79 Å². The van der Waals surface area contributed by atoms with Gasteiger partial charge in [0.1, 0.15) is 0 Å². The molecular weight excluding hydrogens is 408 g/mol. The normalized spacial score (nSPS) is 12.5. The van der Waals surface area contributed by atoms with Crippen molar-refractivity contribution in [2.24, 2.45) is 0 Å². The third kappa shape index (κ3) is 3.74. The van der Waals surface area contributed by atoms with Crippen molar-refractivity contribution in [3.05, 3.63) is 71.8 Å². The molecule has 1 amide bonds. The number of nitrogens with one attached hydrogen (secondary N) is 1. The quantitative estimate of drug-likeness (QED) is 0.479. The molecule has 3 heterocycles. The lowest BCUT2D eigenvalue weighted by Crippen LogP contribution is -2.29. The number of benzene rings is 2. The smallest absolute Gasteiger partial charge is 0.291 e. The summed E-state index contributed by atoms with van der Waals surface area (Å²) in [7, 11) is 0. The van der Waals surface area contributed by atoms with Crippen LogP contribution in [0.5, 0.6) is 0 Å². The molecule has 1 aliphatic heterocycles. The van der Waals surface area contributed by atoms with Gasteiger partial charge in [0.15, 0.2) is 0 Å². The zero-order chi connectivity index (χ0) is 21.4. The number of carbonyl (C=O) groups is 1. The number of aromatic nitrogens is 4. The van der Waals surface area contributed by atoms with Crippen molar-refractivity contribution in [2.75, 3.05) is 18.0 Å². The first-order chi connectivity index (χ1) is 15.1. The van der Waals surface area contributed by atoms with Gasteiger partial charge >= 0.3 is 0 Å². The van der Waals surface area contributed by atoms with Gasteiger partial charge in [0.05, 0.1) is 11.4 Å². The molecule has 0 saturated heterocycles. The van der Waals surface area contributed by atoms with E-state index in [1.165, 1.54) is 21.2 Å². The molecule has 0 radical (unpaired) electrons. The van der Waals surface area contributed by atoms with Crippen LogP contribution in [0.2, 0.25) is 0 Å². The number of rotatable bonds is 5. The van der Waals surface area contributed by atoms with E-state index in [2.05, 4.69) is 73.8 Å². The van der Waals surface area contributed by atoms with Crippen LogP contribution in [0.25, 0.3) is 5.78 Å². The molecule has 8 heteroatoms. The maximum atomic E-state index is 12.6. The van der Waals surface area contributed by atoms with E-state index in [-0.39, 0.29) is 11.7 Å². The van der Waals surface area contributed by atoms with E-state index < -0.39 is 0 Å². The minimum absolute atomic E-state index is 0.145. The molecule has 0 fully saturated rings. The molecule has 5 rings (SSSR count). The van der Waals surface area contributed by atoms with Gasteiger partial charge < -0.3 is 10.2 Å². The van der Waals surface area contributed by atoms with Gasteiger partial charge in [-0.1, -0.05) is 36.0 Å². The molecule has 0 spiro atoms. The Morgan fingerprint density at radius 2 is 1.68 bits per heavy atom. The number of para-hydroxylation sites is 2. The predicted octanol–water partition coefficient (Wildman–Crippen LogP) is 4.16. The maximum absolute atomic E-state index is 12.6. The van der Waals surface area contributed by atoms with Crippen LogP contribution >= 0.6 is 11.8 Å². The van der Waals surface area contributed by atoms with Gasteiger partial charge in [-0.15, -0.1) is 5.10 Å². The lowest BCUT2D eigenvalue weighted by Gasteiger charge is -2.32. The molecule has 4 aromatic rings. The van der Waals surface area contributed by atoms with Crippen LogP contribution < -0.4 is 10.2 Å². The first-order valence-electron chi connectivity index (χ1n) is 10.2. The zero-order valence-corrected chi connectivity index (χ0v) is 18.2. The first kappa shape index (κ1) is 19.6. The van der Waals surface area contributed by atoms with Crippen LogP contribution in [0, 0.1) is 13.8 Å². The molecule has 2 aromatic heterocycles. The SMILES string of the molecule is Cc1cc(C)n2nc(C(=O)NCCCN3c4ccccc4Sc4ccccc43)nc2n1. The summed E-state index contributed by atoms with van der Waals surface area (Å²) in [6, 6.07) is 18.8. The number of nitrogens with zero attached hydrogens (tertiary/aromatic N) is 5. The predicted molar refractivity (Wildman–Crippen MR) is 121 cm³/mol. The van der Waals surface area contributed by atoms with Crippen molar-refractivity contribution >= 4 is 34.8 Å². The lowest BCUT2D eigenvalue weighted by atomic mass is 10.2. The third-order valence-corrected chi connectivity index (χ3v) is 6.33. The minimum Gasteiger partial charge on any atom is -0.349 e. The second-order valence-electron chi connectivity index (χ2n) is 7.48. The van der Waals surface area contributed by atoms with Crippen molar-refractivity contribution in [3.63, 3.8) is 0 Å². The summed E-state index contributed by atoms with van der Waals surface area (Å²) in [5.74, 6) is 0.311. The number of hydrogen-bond donors (Lipinski definition) is 1. The van der Waals surface area contributed by atoms with Crippen LogP contribution in [0.1, 0.15) is 28.4 Å². The molecule has 0 saturated carbocycles. The first-order valence-corrected chi connectivity index (χ1v) is 11.0. The highest BCUT2D eigenvalue weighted by Gasteiger charge is 2.22. The number of anilines is 2. The summed E-state index contributed by atoms with van der Waals surface area (Å²) >= 11 is 1.80. The molecule has 0 aliphatic carbocycles. The number of amides is 1. The summed E-state index contributed by atoms with van der Waals surface area (Å²) in [6.45, 7) is 5.16. The number of aryl methyl sites for hydroxylation is 2. The number of hydrogen-bond acceptors (Lipinski definition) is 6. The van der Waals surface area contributed by atoms with Gasteiger partial charge in [0, 0.05) is 34.3 Å². The fraction of sp³-hybridized carbons (Fsp3) is 0.217. The molecular formula is C23H22N6OS. The Hall–Kier alpha value is -3.39. The van der Waals surface area contributed by atoms with Crippen molar-refractivity contribution in [1.82, 2.24) is 24.9 Å². The van der Waals surface area contributed by atoms with E-state index in [0.717, 1.165) is 24.4 Å². The lowest BCUT2D eigenvalue weighted by molar-refractivity contribution is 0.0943. The van der Waals surface area contributed by atoms with E-state index >= 15 is 0 Å². The number of carbonyl (C=O) groups excluding carboxylic acids is 1. The van der Waals surface area contributed by atoms with Crippen LogP contribution in [0.3, 0.4) is 0 Å². The second-order valence-corrected chi connectivity index (χ2v) is 8.57. The Bertz CT molecular complexity index is 1240. The highest BCUT2D eigenvalue weighted by molar-refractivity contribution is 7.99. The zero-order valence-electron chi connectivity index (χ0n) is 17.4. The Morgan fingerprint density at radius 1 is 1.00 bits per heavy atom. The molecule has 31 heavy (non-hydrogen) atoms. The fourth-order valence-electron chi connectivity index (χ4n) is 3.80. The minimum atomic E-state index is -0.280. The molecule has 2 aromatic carbocycles. The molecule has 0 atom stereocenters. The standard InChI is InChI=1S/C23H22N6OS/c1-15-14-16(2)29-23(25-15)26-21(27-29)22(30)24-12-7-13-28-17-8-3-5-10-19(17)31-20-11-6-4-9-18(20)28/h3-6,8-11,14H,7,12-13H2,1-2H3,(H,24,30). The Morgan fingerprint density at radius 3 is 2.39 bits per heavy atom. The van der Waals surface area contributed by atoms with Gasteiger partial charge in [0.25, 0.3) is 11.7 Å². The van der Waals surface area contributed by atoms with Crippen molar-refractivity contribution in [3.8, 4) is 0 Å². The van der Waals surface area contributed by atoms with Crippen LogP contribution in [-0.2, 0) is 0 Å². The van der Waals surface area contributed by atoms with E-state index in [0.29, 0.717) is 12.3 Å². The summed E-state index contributed by atoms with van der Waals surface area (Å²) in [6.07, 6.45) is 0.794. The van der Waals surface area contributed by atoms with Crippen molar-refractivity contribution in [1.29, 1.82) is 0 Å². The van der Waals surface area contributed by atoms with E-state index in [4.69, 9.17) is 0 Å². The molecule has 0 bridgehead atoms. The van der Waals surface area contributed by atoms with Crippen LogP contribution in [0.4, 0.5) is 11.4 Å². The van der Waals surface area contributed by atoms with E-state index in [1.807, 2.05) is 19.9 Å². The molecule has 156 valence electrons. The van der Waals surface area contributed by atoms with Crippen LogP contribution in [-0.4, -0.2) is 38.6 Å². The number of fused-ring (bicyclic) bond motifs is 3. The average molecular weight is 431 g/mol. The second kappa shape index (κ2) is 8.03. The monoisotopic (exact) mass is 430 g/mol. The highest BCUT2D eigenvalue weighted by atomic mass is 32.2. The summed E-state index contributed by atoms with van der Waals surface area (Å²) in [5.41, 5.74) is 4.16. The molecule has 1 N–H and O–H groups in total. The van der Waals surface area contributed by atoms with Crippen LogP contribution in [0.15, 0.2) is 64.4 Å². The molecule has 0 unspecified atom stereocenters. The van der Waals surface area contributed by atoms with Gasteiger partial charge in [-0.05, 0) is 50.6 Å². The Labute approximate surface area is 184 Å². The summed E-state index contributed by atoms with van der Waals surface area (Å²) in [4.78, 5) is 26.0. The van der Waals surface area contributed by atoms with Crippen molar-refractivity contribution in [2.45, 2.75) is 30.1 Å². The average Bonchev–Trinajstić information content (AvgIpc) is 3.20. The van der Waals surface area contributed by atoms with E-state index in [1.54, 1.807) is 16.3 Å². The molecule has 1 aliphatic rings. The van der Waals surface area contributed by atoms with Gasteiger partial charge in [-0.25, -0.2) is 9.50 Å². The summed E-state index contributed by atoms with van der Waals surface area (Å²) < 4.78 is 1.60. The maximum Gasteiger partial charge on any atom is 0.291 e. The summed E-state index contributed by atoms with van der Waals surface area (Å²) in [5, 5.41) is 7.24. The van der Waals surface area contributed by atoms with Gasteiger partial charge in [-0.2, -0.15) is 4.98 Å². The largest absolute Gasteiger partial charge is 0.349 e. The highest BCUT2D eigenvalue weighted by Crippen LogP contribution is 2.47. The van der Waals surface area contributed by atoms with Gasteiger partial charge in [0.2, 0.25) is 5.82 Å². The third-order valence-electron chi connectivity index (χ3n) is 5.20. The molecule has 7 nitrogen and oxygen atoms in total. The van der Waals surface area contributed by atoms with E-state index in [9.17, 15) is 4.79 Å².